The number of anilines is 2. The third-order valence-corrected chi connectivity index (χ3v) is 4.24. The molecule has 0 spiro atoms. The van der Waals surface area contributed by atoms with Crippen molar-refractivity contribution in [2.75, 3.05) is 5.32 Å². The van der Waals surface area contributed by atoms with Gasteiger partial charge in [-0.2, -0.15) is 5.10 Å². The predicted molar refractivity (Wildman–Crippen MR) is 112 cm³/mol. The number of hydrogen-bond donors (Lipinski definition) is 3. The number of para-hydroxylation sites is 1. The molecule has 0 aliphatic heterocycles. The maximum absolute atomic E-state index is 11.7. The van der Waals surface area contributed by atoms with Crippen LogP contribution in [0.1, 0.15) is 30.5 Å². The Labute approximate surface area is 167 Å². The fourth-order valence-electron chi connectivity index (χ4n) is 2.44. The zero-order valence-electron chi connectivity index (χ0n) is 15.8. The second-order valence-electron chi connectivity index (χ2n) is 6.45. The lowest BCUT2D eigenvalue weighted by Gasteiger charge is -2.15. The van der Waals surface area contributed by atoms with Gasteiger partial charge >= 0.3 is 11.8 Å². The van der Waals surface area contributed by atoms with Crippen molar-refractivity contribution in [1.29, 1.82) is 0 Å². The van der Waals surface area contributed by atoms with Gasteiger partial charge in [-0.1, -0.05) is 34.1 Å². The molecular formula is C20H23BrN4O2. The zero-order valence-corrected chi connectivity index (χ0v) is 17.3. The molecule has 0 saturated carbocycles. The van der Waals surface area contributed by atoms with Crippen molar-refractivity contribution in [3.63, 3.8) is 0 Å². The van der Waals surface area contributed by atoms with Crippen LogP contribution < -0.4 is 16.1 Å². The Bertz CT molecular complexity index is 858. The number of hydrazone groups is 1. The molecule has 6 nitrogen and oxygen atoms in total. The van der Waals surface area contributed by atoms with Crippen LogP contribution in [0.2, 0.25) is 0 Å². The topological polar surface area (TPSA) is 82.6 Å². The van der Waals surface area contributed by atoms with E-state index in [1.165, 1.54) is 6.21 Å². The van der Waals surface area contributed by atoms with Crippen LogP contribution in [0, 0.1) is 13.8 Å². The maximum Gasteiger partial charge on any atom is 0.329 e. The van der Waals surface area contributed by atoms with Crippen molar-refractivity contribution >= 4 is 45.3 Å². The van der Waals surface area contributed by atoms with Crippen molar-refractivity contribution < 1.29 is 9.59 Å². The second kappa shape index (κ2) is 9.32. The standard InChI is InChI=1S/C20H23BrN4O2/c1-12(2)23-19(26)20(27)25-22-11-15-10-16(21)8-9-17(15)24-18-13(3)6-5-7-14(18)4/h5-12,24H,1-4H3,(H,23,26)(H,25,27)/b22-11-. The molecule has 2 aromatic carbocycles. The summed E-state index contributed by atoms with van der Waals surface area (Å²) in [5.74, 6) is -1.52. The van der Waals surface area contributed by atoms with E-state index in [0.717, 1.165) is 32.5 Å². The Morgan fingerprint density at radius 1 is 1.07 bits per heavy atom. The molecule has 7 heteroatoms. The van der Waals surface area contributed by atoms with Crippen molar-refractivity contribution in [3.05, 3.63) is 57.6 Å². The molecule has 2 amide bonds. The van der Waals surface area contributed by atoms with Crippen LogP contribution in [0.3, 0.4) is 0 Å². The van der Waals surface area contributed by atoms with Gasteiger partial charge in [0, 0.05) is 27.5 Å². The van der Waals surface area contributed by atoms with E-state index in [9.17, 15) is 9.59 Å². The predicted octanol–water partition coefficient (Wildman–Crippen LogP) is 3.78. The number of aryl methyl sites for hydroxylation is 2. The number of rotatable bonds is 5. The van der Waals surface area contributed by atoms with E-state index in [2.05, 4.69) is 37.1 Å². The largest absolute Gasteiger partial charge is 0.355 e. The average Bonchev–Trinajstić information content (AvgIpc) is 2.59. The summed E-state index contributed by atoms with van der Waals surface area (Å²) in [4.78, 5) is 23.4. The Hall–Kier alpha value is -2.67. The summed E-state index contributed by atoms with van der Waals surface area (Å²) in [5, 5.41) is 9.84. The minimum absolute atomic E-state index is 0.120. The molecule has 3 N–H and O–H groups in total. The van der Waals surface area contributed by atoms with Gasteiger partial charge in [-0.15, -0.1) is 0 Å². The molecule has 0 aromatic heterocycles. The number of nitrogens with one attached hydrogen (secondary N) is 3. The van der Waals surface area contributed by atoms with Gasteiger partial charge < -0.3 is 10.6 Å². The van der Waals surface area contributed by atoms with Gasteiger partial charge in [-0.05, 0) is 57.0 Å². The number of carbonyl (C=O) groups excluding carboxylic acids is 2. The summed E-state index contributed by atoms with van der Waals surface area (Å²) in [7, 11) is 0. The van der Waals surface area contributed by atoms with Crippen LogP contribution in [0.5, 0.6) is 0 Å². The molecule has 0 unspecified atom stereocenters. The Morgan fingerprint density at radius 2 is 1.74 bits per heavy atom. The molecule has 0 radical (unpaired) electrons. The average molecular weight is 431 g/mol. The third kappa shape index (κ3) is 5.92. The SMILES string of the molecule is Cc1cccc(C)c1Nc1ccc(Br)cc1/C=N\NC(=O)C(=O)NC(C)C. The highest BCUT2D eigenvalue weighted by Gasteiger charge is 2.13. The molecule has 2 aromatic rings. The number of amides is 2. The Balaban J connectivity index is 2.18. The van der Waals surface area contributed by atoms with Crippen LogP contribution in [0.4, 0.5) is 11.4 Å². The summed E-state index contributed by atoms with van der Waals surface area (Å²) in [6.07, 6.45) is 1.50. The van der Waals surface area contributed by atoms with Crippen molar-refractivity contribution in [1.82, 2.24) is 10.7 Å². The number of benzene rings is 2. The quantitative estimate of drug-likeness (QED) is 0.383. The molecular weight excluding hydrogens is 408 g/mol. The van der Waals surface area contributed by atoms with E-state index in [-0.39, 0.29) is 6.04 Å². The maximum atomic E-state index is 11.7. The minimum Gasteiger partial charge on any atom is -0.355 e. The van der Waals surface area contributed by atoms with Crippen LogP contribution in [-0.4, -0.2) is 24.1 Å². The first-order chi connectivity index (χ1) is 12.8. The second-order valence-corrected chi connectivity index (χ2v) is 7.37. The highest BCUT2D eigenvalue weighted by molar-refractivity contribution is 9.10. The van der Waals surface area contributed by atoms with E-state index in [4.69, 9.17) is 0 Å². The van der Waals surface area contributed by atoms with E-state index in [1.807, 2.05) is 50.2 Å². The van der Waals surface area contributed by atoms with Crippen molar-refractivity contribution in [3.8, 4) is 0 Å². The van der Waals surface area contributed by atoms with E-state index in [0.29, 0.717) is 0 Å². The fourth-order valence-corrected chi connectivity index (χ4v) is 2.82. The monoisotopic (exact) mass is 430 g/mol. The molecule has 0 aliphatic carbocycles. The lowest BCUT2D eigenvalue weighted by molar-refractivity contribution is -0.139. The molecule has 0 atom stereocenters. The van der Waals surface area contributed by atoms with Gasteiger partial charge in [0.25, 0.3) is 0 Å². The summed E-state index contributed by atoms with van der Waals surface area (Å²) < 4.78 is 0.875. The van der Waals surface area contributed by atoms with Crippen LogP contribution >= 0.6 is 15.9 Å². The first-order valence-electron chi connectivity index (χ1n) is 8.54. The van der Waals surface area contributed by atoms with Gasteiger partial charge in [-0.25, -0.2) is 5.43 Å². The van der Waals surface area contributed by atoms with Gasteiger partial charge in [0.05, 0.1) is 6.21 Å². The van der Waals surface area contributed by atoms with E-state index in [1.54, 1.807) is 13.8 Å². The summed E-state index contributed by atoms with van der Waals surface area (Å²) in [5.41, 5.74) is 7.11. The molecule has 0 fully saturated rings. The normalized spacial score (nSPS) is 10.9. The fraction of sp³-hybridized carbons (Fsp3) is 0.250. The van der Waals surface area contributed by atoms with Crippen molar-refractivity contribution in [2.24, 2.45) is 5.10 Å². The summed E-state index contributed by atoms with van der Waals surface area (Å²) >= 11 is 3.44. The van der Waals surface area contributed by atoms with Gasteiger partial charge in [0.1, 0.15) is 0 Å². The van der Waals surface area contributed by atoms with Gasteiger partial charge in [-0.3, -0.25) is 9.59 Å². The molecule has 0 heterocycles. The van der Waals surface area contributed by atoms with E-state index >= 15 is 0 Å². The van der Waals surface area contributed by atoms with E-state index < -0.39 is 11.8 Å². The number of nitrogens with zero attached hydrogens (tertiary/aromatic N) is 1. The van der Waals surface area contributed by atoms with Crippen LogP contribution in [0.15, 0.2) is 46.0 Å². The summed E-state index contributed by atoms with van der Waals surface area (Å²) in [6, 6.07) is 11.7. The number of hydrogen-bond acceptors (Lipinski definition) is 4. The molecule has 2 rings (SSSR count). The van der Waals surface area contributed by atoms with Crippen molar-refractivity contribution in [2.45, 2.75) is 33.7 Å². The Kier molecular flexibility index (Phi) is 7.12. The molecule has 142 valence electrons. The molecule has 0 aliphatic rings. The van der Waals surface area contributed by atoms with Crippen LogP contribution in [-0.2, 0) is 9.59 Å². The summed E-state index contributed by atoms with van der Waals surface area (Å²) in [6.45, 7) is 7.63. The molecule has 0 saturated heterocycles. The number of halogens is 1. The lowest BCUT2D eigenvalue weighted by atomic mass is 10.1. The highest BCUT2D eigenvalue weighted by atomic mass is 79.9. The number of carbonyl (C=O) groups is 2. The Morgan fingerprint density at radius 3 is 2.37 bits per heavy atom. The molecule has 27 heavy (non-hydrogen) atoms. The van der Waals surface area contributed by atoms with Gasteiger partial charge in [0.15, 0.2) is 0 Å². The first kappa shape index (κ1) is 20.6. The highest BCUT2D eigenvalue weighted by Crippen LogP contribution is 2.27. The van der Waals surface area contributed by atoms with Gasteiger partial charge in [0.2, 0.25) is 0 Å². The molecule has 0 bridgehead atoms. The lowest BCUT2D eigenvalue weighted by Crippen LogP contribution is -2.41. The van der Waals surface area contributed by atoms with Crippen LogP contribution in [0.25, 0.3) is 0 Å². The third-order valence-electron chi connectivity index (χ3n) is 3.75. The zero-order chi connectivity index (χ0) is 20.0. The first-order valence-corrected chi connectivity index (χ1v) is 9.34. The minimum atomic E-state index is -0.806. The smallest absolute Gasteiger partial charge is 0.329 e.